The van der Waals surface area contributed by atoms with Crippen molar-refractivity contribution in [1.82, 2.24) is 0 Å². The Morgan fingerprint density at radius 1 is 1.55 bits per heavy atom. The van der Waals surface area contributed by atoms with Gasteiger partial charge in [0.25, 0.3) is 0 Å². The highest BCUT2D eigenvalue weighted by Crippen LogP contribution is 2.32. The molecule has 0 saturated carbocycles. The van der Waals surface area contributed by atoms with Crippen LogP contribution in [0, 0.1) is 0 Å². The minimum atomic E-state index is -0.115. The molecule has 1 fully saturated rings. The van der Waals surface area contributed by atoms with Crippen LogP contribution in [0.1, 0.15) is 0 Å². The number of hydrogen-bond acceptors (Lipinski definition) is 3. The van der Waals surface area contributed by atoms with Crippen LogP contribution in [-0.2, 0) is 0 Å². The largest absolute Gasteiger partial charge is 0.389 e. The molecular formula is C7H8BrNOS. The van der Waals surface area contributed by atoms with Crippen molar-refractivity contribution in [2.45, 2.75) is 6.10 Å². The normalized spacial score (nSPS) is 18.5. The fraction of sp³-hybridized carbons (Fsp3) is 0.429. The van der Waals surface area contributed by atoms with Gasteiger partial charge in [0.2, 0.25) is 0 Å². The molecule has 1 N–H and O–H groups in total. The first-order valence-electron chi connectivity index (χ1n) is 3.44. The molecule has 1 saturated heterocycles. The van der Waals surface area contributed by atoms with Crippen molar-refractivity contribution in [3.63, 3.8) is 0 Å². The molecule has 0 atom stereocenters. The Balaban J connectivity index is 2.07. The number of rotatable bonds is 1. The van der Waals surface area contributed by atoms with Crippen LogP contribution in [0.5, 0.6) is 0 Å². The maximum absolute atomic E-state index is 9.04. The van der Waals surface area contributed by atoms with Gasteiger partial charge in [0, 0.05) is 13.1 Å². The van der Waals surface area contributed by atoms with Crippen molar-refractivity contribution in [3.05, 3.63) is 15.9 Å². The SMILES string of the molecule is OC1CN(c2ccc(Br)s2)C1. The molecule has 2 nitrogen and oxygen atoms in total. The first-order valence-corrected chi connectivity index (χ1v) is 5.05. The van der Waals surface area contributed by atoms with E-state index in [1.165, 1.54) is 5.00 Å². The van der Waals surface area contributed by atoms with E-state index in [2.05, 4.69) is 26.9 Å². The molecule has 4 heteroatoms. The lowest BCUT2D eigenvalue weighted by atomic mass is 10.2. The molecule has 1 aromatic heterocycles. The number of β-amino-alcohol motifs (C(OH)–C–C–N with tert-alkyl or cyclic N) is 1. The van der Waals surface area contributed by atoms with E-state index in [9.17, 15) is 0 Å². The van der Waals surface area contributed by atoms with Crippen LogP contribution in [0.4, 0.5) is 5.00 Å². The van der Waals surface area contributed by atoms with Crippen molar-refractivity contribution in [2.75, 3.05) is 18.0 Å². The van der Waals surface area contributed by atoms with Gasteiger partial charge in [-0.05, 0) is 28.1 Å². The predicted molar refractivity (Wildman–Crippen MR) is 50.2 cm³/mol. The Morgan fingerprint density at radius 3 is 2.73 bits per heavy atom. The van der Waals surface area contributed by atoms with Gasteiger partial charge in [-0.25, -0.2) is 0 Å². The highest BCUT2D eigenvalue weighted by atomic mass is 79.9. The summed E-state index contributed by atoms with van der Waals surface area (Å²) in [5.74, 6) is 0. The van der Waals surface area contributed by atoms with Gasteiger partial charge < -0.3 is 10.0 Å². The van der Waals surface area contributed by atoms with Crippen molar-refractivity contribution >= 4 is 32.3 Å². The Labute approximate surface area is 77.6 Å². The monoisotopic (exact) mass is 233 g/mol. The number of thiophene rings is 1. The maximum atomic E-state index is 9.04. The Morgan fingerprint density at radius 2 is 2.27 bits per heavy atom. The molecule has 0 aliphatic carbocycles. The lowest BCUT2D eigenvalue weighted by molar-refractivity contribution is 0.142. The standard InChI is InChI=1S/C7H8BrNOS/c8-6-1-2-7(11-6)9-3-5(10)4-9/h1-2,5,10H,3-4H2. The zero-order valence-electron chi connectivity index (χ0n) is 5.83. The number of aliphatic hydroxyl groups excluding tert-OH is 1. The second-order valence-corrected chi connectivity index (χ2v) is 5.08. The molecule has 1 aliphatic heterocycles. The summed E-state index contributed by atoms with van der Waals surface area (Å²) >= 11 is 5.10. The summed E-state index contributed by atoms with van der Waals surface area (Å²) in [7, 11) is 0. The van der Waals surface area contributed by atoms with E-state index in [0.717, 1.165) is 16.9 Å². The van der Waals surface area contributed by atoms with Crippen LogP contribution >= 0.6 is 27.3 Å². The van der Waals surface area contributed by atoms with Crippen molar-refractivity contribution in [1.29, 1.82) is 0 Å². The smallest absolute Gasteiger partial charge is 0.0922 e. The number of aliphatic hydroxyl groups is 1. The summed E-state index contributed by atoms with van der Waals surface area (Å²) in [6.45, 7) is 1.57. The molecule has 0 unspecified atom stereocenters. The highest BCUT2D eigenvalue weighted by Gasteiger charge is 2.25. The van der Waals surface area contributed by atoms with Crippen molar-refractivity contribution < 1.29 is 5.11 Å². The van der Waals surface area contributed by atoms with E-state index in [1.54, 1.807) is 11.3 Å². The number of halogens is 1. The molecule has 11 heavy (non-hydrogen) atoms. The molecule has 2 rings (SSSR count). The predicted octanol–water partition coefficient (Wildman–Crippen LogP) is 1.69. The Kier molecular flexibility index (Phi) is 1.91. The van der Waals surface area contributed by atoms with Crippen molar-refractivity contribution in [2.24, 2.45) is 0 Å². The third-order valence-electron chi connectivity index (χ3n) is 1.73. The lowest BCUT2D eigenvalue weighted by Gasteiger charge is -2.36. The van der Waals surface area contributed by atoms with E-state index in [0.29, 0.717) is 0 Å². The third-order valence-corrected chi connectivity index (χ3v) is 3.42. The molecule has 0 bridgehead atoms. The molecule has 2 heterocycles. The van der Waals surface area contributed by atoms with Gasteiger partial charge in [0.05, 0.1) is 14.9 Å². The molecule has 1 aromatic rings. The maximum Gasteiger partial charge on any atom is 0.0922 e. The molecule has 1 aliphatic rings. The van der Waals surface area contributed by atoms with Gasteiger partial charge in [0.15, 0.2) is 0 Å². The number of hydrogen-bond donors (Lipinski definition) is 1. The molecule has 0 amide bonds. The molecule has 60 valence electrons. The van der Waals surface area contributed by atoms with Crippen LogP contribution in [0.25, 0.3) is 0 Å². The Hall–Kier alpha value is -0.0600. The summed E-state index contributed by atoms with van der Waals surface area (Å²) in [6, 6.07) is 4.10. The topological polar surface area (TPSA) is 23.5 Å². The van der Waals surface area contributed by atoms with Gasteiger partial charge in [-0.1, -0.05) is 0 Å². The second kappa shape index (κ2) is 2.77. The third kappa shape index (κ3) is 1.43. The van der Waals surface area contributed by atoms with Crippen LogP contribution in [0.2, 0.25) is 0 Å². The van der Waals surface area contributed by atoms with Gasteiger partial charge in [-0.2, -0.15) is 0 Å². The summed E-state index contributed by atoms with van der Waals surface area (Å²) in [5.41, 5.74) is 0. The first-order chi connectivity index (χ1) is 5.25. The van der Waals surface area contributed by atoms with Crippen LogP contribution < -0.4 is 4.90 Å². The highest BCUT2D eigenvalue weighted by molar-refractivity contribution is 9.11. The zero-order valence-corrected chi connectivity index (χ0v) is 8.23. The summed E-state index contributed by atoms with van der Waals surface area (Å²) < 4.78 is 1.15. The molecular weight excluding hydrogens is 226 g/mol. The number of nitrogens with zero attached hydrogens (tertiary/aromatic N) is 1. The Bertz CT molecular complexity index is 257. The van der Waals surface area contributed by atoms with E-state index in [4.69, 9.17) is 5.11 Å². The first kappa shape index (κ1) is 7.58. The minimum absolute atomic E-state index is 0.115. The van der Waals surface area contributed by atoms with Gasteiger partial charge in [-0.15, -0.1) is 11.3 Å². The number of anilines is 1. The quantitative estimate of drug-likeness (QED) is 0.799. The zero-order chi connectivity index (χ0) is 7.84. The van der Waals surface area contributed by atoms with Gasteiger partial charge >= 0.3 is 0 Å². The molecule has 0 radical (unpaired) electrons. The van der Waals surface area contributed by atoms with Gasteiger partial charge in [0.1, 0.15) is 0 Å². The fourth-order valence-electron chi connectivity index (χ4n) is 1.11. The van der Waals surface area contributed by atoms with E-state index in [-0.39, 0.29) is 6.10 Å². The average Bonchev–Trinajstić information content (AvgIpc) is 2.29. The summed E-state index contributed by atoms with van der Waals surface area (Å²) in [6.07, 6.45) is -0.115. The van der Waals surface area contributed by atoms with Crippen LogP contribution in [0.15, 0.2) is 15.9 Å². The molecule has 0 aromatic carbocycles. The van der Waals surface area contributed by atoms with Crippen molar-refractivity contribution in [3.8, 4) is 0 Å². The van der Waals surface area contributed by atoms with E-state index in [1.807, 2.05) is 6.07 Å². The van der Waals surface area contributed by atoms with E-state index >= 15 is 0 Å². The lowest BCUT2D eigenvalue weighted by Crippen LogP contribution is -2.50. The summed E-state index contributed by atoms with van der Waals surface area (Å²) in [5, 5.41) is 10.3. The van der Waals surface area contributed by atoms with Crippen LogP contribution in [0.3, 0.4) is 0 Å². The van der Waals surface area contributed by atoms with E-state index < -0.39 is 0 Å². The minimum Gasteiger partial charge on any atom is -0.389 e. The van der Waals surface area contributed by atoms with Gasteiger partial charge in [-0.3, -0.25) is 0 Å². The van der Waals surface area contributed by atoms with Crippen LogP contribution in [-0.4, -0.2) is 24.3 Å². The summed E-state index contributed by atoms with van der Waals surface area (Å²) in [4.78, 5) is 2.17. The molecule has 0 spiro atoms. The fourth-order valence-corrected chi connectivity index (χ4v) is 2.49. The average molecular weight is 234 g/mol. The second-order valence-electron chi connectivity index (χ2n) is 2.64.